The Bertz CT molecular complexity index is 1160. The SMILES string of the molecule is Cc1cccc(C)c1NC(=O)c1ccc(NS(=O)(=O)c2ccc(Cl)cc2)cc1Cl. The number of carbonyl (C=O) groups excluding carboxylic acids is 1. The van der Waals surface area contributed by atoms with Crippen molar-refractivity contribution in [2.45, 2.75) is 18.7 Å². The van der Waals surface area contributed by atoms with Crippen molar-refractivity contribution in [3.8, 4) is 0 Å². The Morgan fingerprint density at radius 3 is 2.10 bits per heavy atom. The molecule has 0 bridgehead atoms. The summed E-state index contributed by atoms with van der Waals surface area (Å²) in [6.45, 7) is 3.80. The lowest BCUT2D eigenvalue weighted by molar-refractivity contribution is 0.102. The molecule has 2 N–H and O–H groups in total. The van der Waals surface area contributed by atoms with Crippen molar-refractivity contribution < 1.29 is 13.2 Å². The van der Waals surface area contributed by atoms with Gasteiger partial charge in [0.1, 0.15) is 0 Å². The van der Waals surface area contributed by atoms with Crippen LogP contribution in [0.3, 0.4) is 0 Å². The summed E-state index contributed by atoms with van der Waals surface area (Å²) in [7, 11) is -3.81. The van der Waals surface area contributed by atoms with E-state index in [4.69, 9.17) is 23.2 Å². The molecule has 0 aliphatic heterocycles. The molecule has 0 unspecified atom stereocenters. The number of aryl methyl sites for hydroxylation is 2. The van der Waals surface area contributed by atoms with Crippen molar-refractivity contribution in [2.24, 2.45) is 0 Å². The van der Waals surface area contributed by atoms with Crippen molar-refractivity contribution in [2.75, 3.05) is 10.0 Å². The summed E-state index contributed by atoms with van der Waals surface area (Å²) in [5, 5.41) is 3.43. The van der Waals surface area contributed by atoms with Crippen LogP contribution in [-0.4, -0.2) is 14.3 Å². The minimum Gasteiger partial charge on any atom is -0.321 e. The van der Waals surface area contributed by atoms with Gasteiger partial charge in [-0.15, -0.1) is 0 Å². The first-order chi connectivity index (χ1) is 13.7. The van der Waals surface area contributed by atoms with E-state index in [0.29, 0.717) is 5.02 Å². The Hall–Kier alpha value is -2.54. The third-order valence-electron chi connectivity index (χ3n) is 4.31. The molecule has 0 fully saturated rings. The number of rotatable bonds is 5. The summed E-state index contributed by atoms with van der Waals surface area (Å²) in [6, 6.07) is 15.9. The molecule has 5 nitrogen and oxygen atoms in total. The fraction of sp³-hybridized carbons (Fsp3) is 0.0952. The van der Waals surface area contributed by atoms with Crippen molar-refractivity contribution in [1.29, 1.82) is 0 Å². The molecule has 0 saturated carbocycles. The van der Waals surface area contributed by atoms with Crippen LogP contribution in [0.1, 0.15) is 21.5 Å². The lowest BCUT2D eigenvalue weighted by Crippen LogP contribution is -2.15. The molecule has 0 saturated heterocycles. The van der Waals surface area contributed by atoms with Crippen LogP contribution in [0.15, 0.2) is 65.6 Å². The van der Waals surface area contributed by atoms with Gasteiger partial charge in [-0.05, 0) is 67.4 Å². The molecule has 29 heavy (non-hydrogen) atoms. The molecular formula is C21H18Cl2N2O3S. The molecule has 0 spiro atoms. The summed E-state index contributed by atoms with van der Waals surface area (Å²) < 4.78 is 27.4. The van der Waals surface area contributed by atoms with Gasteiger partial charge in [0.05, 0.1) is 21.2 Å². The highest BCUT2D eigenvalue weighted by Crippen LogP contribution is 2.26. The summed E-state index contributed by atoms with van der Waals surface area (Å²) in [5.41, 5.74) is 3.07. The number of benzene rings is 3. The molecule has 3 rings (SSSR count). The van der Waals surface area contributed by atoms with Crippen molar-refractivity contribution in [3.05, 3.63) is 87.4 Å². The molecule has 1 amide bonds. The van der Waals surface area contributed by atoms with E-state index >= 15 is 0 Å². The Labute approximate surface area is 179 Å². The van der Waals surface area contributed by atoms with E-state index in [1.54, 1.807) is 0 Å². The standard InChI is InChI=1S/C21H18Cl2N2O3S/c1-13-4-3-5-14(2)20(13)24-21(26)18-11-8-16(12-19(18)23)25-29(27,28)17-9-6-15(22)7-10-17/h3-12,25H,1-2H3,(H,24,26). The number of para-hydroxylation sites is 1. The Kier molecular flexibility index (Phi) is 6.17. The molecule has 0 radical (unpaired) electrons. The molecule has 3 aromatic carbocycles. The number of sulfonamides is 1. The first kappa shape index (κ1) is 21.2. The van der Waals surface area contributed by atoms with Crippen LogP contribution in [0, 0.1) is 13.8 Å². The lowest BCUT2D eigenvalue weighted by atomic mass is 10.1. The Morgan fingerprint density at radius 1 is 0.897 bits per heavy atom. The minimum absolute atomic E-state index is 0.0647. The first-order valence-corrected chi connectivity index (χ1v) is 10.9. The second kappa shape index (κ2) is 8.45. The van der Waals surface area contributed by atoms with E-state index in [1.807, 2.05) is 32.0 Å². The molecule has 0 heterocycles. The van der Waals surface area contributed by atoms with Crippen LogP contribution < -0.4 is 10.0 Å². The van der Waals surface area contributed by atoms with Crippen LogP contribution in [0.4, 0.5) is 11.4 Å². The van der Waals surface area contributed by atoms with E-state index < -0.39 is 10.0 Å². The average Bonchev–Trinajstić information content (AvgIpc) is 2.65. The second-order valence-corrected chi connectivity index (χ2v) is 9.00. The zero-order chi connectivity index (χ0) is 21.2. The van der Waals surface area contributed by atoms with Crippen molar-refractivity contribution in [1.82, 2.24) is 0 Å². The Balaban J connectivity index is 1.81. The van der Waals surface area contributed by atoms with Crippen LogP contribution in [0.5, 0.6) is 0 Å². The predicted molar refractivity (Wildman–Crippen MR) is 118 cm³/mol. The average molecular weight is 449 g/mol. The summed E-state index contributed by atoms with van der Waals surface area (Å²) in [6.07, 6.45) is 0. The van der Waals surface area contributed by atoms with Crippen LogP contribution in [-0.2, 0) is 10.0 Å². The van der Waals surface area contributed by atoms with Gasteiger partial charge in [0.15, 0.2) is 0 Å². The monoisotopic (exact) mass is 448 g/mol. The van der Waals surface area contributed by atoms with Gasteiger partial charge in [-0.1, -0.05) is 41.4 Å². The summed E-state index contributed by atoms with van der Waals surface area (Å²) in [5.74, 6) is -0.375. The smallest absolute Gasteiger partial charge is 0.261 e. The van der Waals surface area contributed by atoms with Crippen LogP contribution >= 0.6 is 23.2 Å². The summed E-state index contributed by atoms with van der Waals surface area (Å²) >= 11 is 12.0. The highest BCUT2D eigenvalue weighted by molar-refractivity contribution is 7.92. The van der Waals surface area contributed by atoms with E-state index in [9.17, 15) is 13.2 Å². The zero-order valence-electron chi connectivity index (χ0n) is 15.7. The van der Waals surface area contributed by atoms with Crippen LogP contribution in [0.2, 0.25) is 10.0 Å². The van der Waals surface area contributed by atoms with Gasteiger partial charge in [-0.25, -0.2) is 8.42 Å². The number of halogens is 2. The van der Waals surface area contributed by atoms with Gasteiger partial charge >= 0.3 is 0 Å². The molecule has 150 valence electrons. The molecule has 0 aliphatic carbocycles. The zero-order valence-corrected chi connectivity index (χ0v) is 18.0. The minimum atomic E-state index is -3.81. The molecule has 3 aromatic rings. The third kappa shape index (κ3) is 4.90. The topological polar surface area (TPSA) is 75.3 Å². The lowest BCUT2D eigenvalue weighted by Gasteiger charge is -2.13. The quantitative estimate of drug-likeness (QED) is 0.528. The highest BCUT2D eigenvalue weighted by Gasteiger charge is 2.17. The van der Waals surface area contributed by atoms with Gasteiger partial charge in [0.25, 0.3) is 15.9 Å². The largest absolute Gasteiger partial charge is 0.321 e. The number of amides is 1. The second-order valence-electron chi connectivity index (χ2n) is 6.47. The van der Waals surface area contributed by atoms with E-state index in [-0.39, 0.29) is 27.1 Å². The number of nitrogens with one attached hydrogen (secondary N) is 2. The third-order valence-corrected chi connectivity index (χ3v) is 6.27. The number of anilines is 2. The fourth-order valence-corrected chi connectivity index (χ4v) is 4.22. The maximum atomic E-state index is 12.6. The maximum absolute atomic E-state index is 12.6. The normalized spacial score (nSPS) is 11.2. The van der Waals surface area contributed by atoms with Crippen molar-refractivity contribution in [3.63, 3.8) is 0 Å². The van der Waals surface area contributed by atoms with Gasteiger partial charge in [0, 0.05) is 10.7 Å². The predicted octanol–water partition coefficient (Wildman–Crippen LogP) is 5.66. The number of hydrogen-bond acceptors (Lipinski definition) is 3. The maximum Gasteiger partial charge on any atom is 0.261 e. The van der Waals surface area contributed by atoms with Gasteiger partial charge in [0.2, 0.25) is 0 Å². The molecule has 0 atom stereocenters. The number of hydrogen-bond donors (Lipinski definition) is 2. The molecule has 0 aromatic heterocycles. The summed E-state index contributed by atoms with van der Waals surface area (Å²) in [4.78, 5) is 12.7. The van der Waals surface area contributed by atoms with Gasteiger partial charge in [-0.2, -0.15) is 0 Å². The van der Waals surface area contributed by atoms with E-state index in [2.05, 4.69) is 10.0 Å². The van der Waals surface area contributed by atoms with Gasteiger partial charge < -0.3 is 5.32 Å². The highest BCUT2D eigenvalue weighted by atomic mass is 35.5. The van der Waals surface area contributed by atoms with E-state index in [0.717, 1.165) is 16.8 Å². The fourth-order valence-electron chi connectivity index (χ4n) is 2.78. The van der Waals surface area contributed by atoms with Crippen LogP contribution in [0.25, 0.3) is 0 Å². The molecule has 8 heteroatoms. The van der Waals surface area contributed by atoms with Gasteiger partial charge in [-0.3, -0.25) is 9.52 Å². The Morgan fingerprint density at radius 2 is 1.52 bits per heavy atom. The number of carbonyl (C=O) groups is 1. The molecular weight excluding hydrogens is 431 g/mol. The first-order valence-electron chi connectivity index (χ1n) is 8.63. The van der Waals surface area contributed by atoms with E-state index in [1.165, 1.54) is 42.5 Å². The molecule has 0 aliphatic rings. The van der Waals surface area contributed by atoms with Crippen molar-refractivity contribution >= 4 is 50.5 Å².